The minimum absolute atomic E-state index is 0. The molecule has 0 radical (unpaired) electrons. The Labute approximate surface area is 174 Å². The standard InChI is InChI=1S/C19H23N3O6.ClH/c1-26-8-9-28-18-11-16(22(24)25)14(10-17(18)27-2)19(23)21-12-15(20)13-6-4-3-5-7-13;/h3-7,10-11,15H,8-9,12,20H2,1-2H3,(H,21,23);1H. The predicted octanol–water partition coefficient (Wildman–Crippen LogP) is 2.48. The Balaban J connectivity index is 0.00000420. The fraction of sp³-hybridized carbons (Fsp3) is 0.316. The molecule has 1 atom stereocenters. The number of nitro benzene ring substituents is 1. The van der Waals surface area contributed by atoms with Gasteiger partial charge in [-0.3, -0.25) is 14.9 Å². The molecule has 158 valence electrons. The van der Waals surface area contributed by atoms with Gasteiger partial charge in [0.2, 0.25) is 0 Å². The van der Waals surface area contributed by atoms with Crippen molar-refractivity contribution in [1.29, 1.82) is 0 Å². The second-order valence-corrected chi connectivity index (χ2v) is 5.85. The van der Waals surface area contributed by atoms with E-state index >= 15 is 0 Å². The van der Waals surface area contributed by atoms with E-state index < -0.39 is 16.9 Å². The number of ether oxygens (including phenoxy) is 3. The first kappa shape index (κ1) is 24.2. The summed E-state index contributed by atoms with van der Waals surface area (Å²) in [6.07, 6.45) is 0. The highest BCUT2D eigenvalue weighted by molar-refractivity contribution is 5.99. The van der Waals surface area contributed by atoms with E-state index in [1.807, 2.05) is 30.3 Å². The Kier molecular flexibility index (Phi) is 9.87. The van der Waals surface area contributed by atoms with Gasteiger partial charge in [0, 0.05) is 25.8 Å². The Bertz CT molecular complexity index is 819. The lowest BCUT2D eigenvalue weighted by Gasteiger charge is -2.15. The van der Waals surface area contributed by atoms with Gasteiger partial charge in [-0.25, -0.2) is 0 Å². The summed E-state index contributed by atoms with van der Waals surface area (Å²) >= 11 is 0. The van der Waals surface area contributed by atoms with Gasteiger partial charge in [-0.1, -0.05) is 30.3 Å². The SMILES string of the molecule is COCCOc1cc([N+](=O)[O-])c(C(=O)NCC(N)c2ccccc2)cc1OC.Cl. The number of carbonyl (C=O) groups is 1. The molecule has 0 saturated heterocycles. The van der Waals surface area contributed by atoms with Gasteiger partial charge in [0.25, 0.3) is 11.6 Å². The Morgan fingerprint density at radius 1 is 1.17 bits per heavy atom. The minimum atomic E-state index is -0.644. The van der Waals surface area contributed by atoms with Gasteiger partial charge in [0.15, 0.2) is 11.5 Å². The molecule has 0 aliphatic heterocycles. The average Bonchev–Trinajstić information content (AvgIpc) is 2.72. The summed E-state index contributed by atoms with van der Waals surface area (Å²) in [6, 6.07) is 11.2. The molecule has 0 aromatic heterocycles. The Morgan fingerprint density at radius 2 is 1.86 bits per heavy atom. The Hall–Kier alpha value is -2.88. The van der Waals surface area contributed by atoms with Crippen molar-refractivity contribution in [2.45, 2.75) is 6.04 Å². The molecule has 2 aromatic carbocycles. The van der Waals surface area contributed by atoms with Crippen molar-refractivity contribution in [3.05, 3.63) is 63.7 Å². The van der Waals surface area contributed by atoms with Crippen molar-refractivity contribution in [2.75, 3.05) is 34.0 Å². The van der Waals surface area contributed by atoms with Gasteiger partial charge >= 0.3 is 0 Å². The molecule has 0 bridgehead atoms. The Morgan fingerprint density at radius 3 is 2.45 bits per heavy atom. The van der Waals surface area contributed by atoms with E-state index in [0.717, 1.165) is 5.56 Å². The summed E-state index contributed by atoms with van der Waals surface area (Å²) in [5.74, 6) is -0.261. The van der Waals surface area contributed by atoms with Gasteiger partial charge in [0.05, 0.1) is 24.7 Å². The first-order chi connectivity index (χ1) is 13.5. The predicted molar refractivity (Wildman–Crippen MR) is 110 cm³/mol. The van der Waals surface area contributed by atoms with Crippen molar-refractivity contribution in [1.82, 2.24) is 5.32 Å². The van der Waals surface area contributed by atoms with Gasteiger partial charge in [-0.05, 0) is 5.56 Å². The molecule has 2 aromatic rings. The van der Waals surface area contributed by atoms with Crippen LogP contribution in [0.3, 0.4) is 0 Å². The van der Waals surface area contributed by atoms with Crippen LogP contribution >= 0.6 is 12.4 Å². The van der Waals surface area contributed by atoms with E-state index in [1.54, 1.807) is 0 Å². The zero-order valence-electron chi connectivity index (χ0n) is 16.1. The van der Waals surface area contributed by atoms with Crippen LogP contribution < -0.4 is 20.5 Å². The molecule has 3 N–H and O–H groups in total. The van der Waals surface area contributed by atoms with Gasteiger partial charge in [-0.15, -0.1) is 12.4 Å². The molecule has 0 saturated carbocycles. The third-order valence-electron chi connectivity index (χ3n) is 3.98. The molecule has 0 fully saturated rings. The highest BCUT2D eigenvalue weighted by Crippen LogP contribution is 2.34. The zero-order chi connectivity index (χ0) is 20.5. The fourth-order valence-corrected chi connectivity index (χ4v) is 2.51. The van der Waals surface area contributed by atoms with Crippen molar-refractivity contribution in [3.8, 4) is 11.5 Å². The molecule has 10 heteroatoms. The summed E-state index contributed by atoms with van der Waals surface area (Å²) in [4.78, 5) is 23.4. The highest BCUT2D eigenvalue weighted by Gasteiger charge is 2.25. The molecule has 0 spiro atoms. The molecule has 1 amide bonds. The number of rotatable bonds is 10. The number of amides is 1. The number of carbonyl (C=O) groups excluding carboxylic acids is 1. The minimum Gasteiger partial charge on any atom is -0.493 e. The molecule has 0 heterocycles. The van der Waals surface area contributed by atoms with Crippen molar-refractivity contribution in [3.63, 3.8) is 0 Å². The van der Waals surface area contributed by atoms with Crippen molar-refractivity contribution < 1.29 is 23.9 Å². The zero-order valence-corrected chi connectivity index (χ0v) is 16.9. The lowest BCUT2D eigenvalue weighted by Crippen LogP contribution is -2.32. The second kappa shape index (κ2) is 11.8. The van der Waals surface area contributed by atoms with E-state index in [0.29, 0.717) is 6.61 Å². The van der Waals surface area contributed by atoms with Crippen LogP contribution in [0.4, 0.5) is 5.69 Å². The van der Waals surface area contributed by atoms with Gasteiger partial charge in [-0.2, -0.15) is 0 Å². The van der Waals surface area contributed by atoms with Crippen LogP contribution in [0.2, 0.25) is 0 Å². The van der Waals surface area contributed by atoms with Crippen LogP contribution in [-0.4, -0.2) is 44.8 Å². The number of hydrogen-bond donors (Lipinski definition) is 2. The number of methoxy groups -OCH3 is 2. The number of nitro groups is 1. The molecular formula is C19H24ClN3O6. The van der Waals surface area contributed by atoms with Crippen LogP contribution in [0, 0.1) is 10.1 Å². The average molecular weight is 426 g/mol. The topological polar surface area (TPSA) is 126 Å². The lowest BCUT2D eigenvalue weighted by molar-refractivity contribution is -0.385. The van der Waals surface area contributed by atoms with E-state index in [-0.39, 0.29) is 48.3 Å². The smallest absolute Gasteiger partial charge is 0.286 e. The lowest BCUT2D eigenvalue weighted by atomic mass is 10.1. The van der Waals surface area contributed by atoms with E-state index in [2.05, 4.69) is 5.32 Å². The molecule has 0 aliphatic rings. The molecule has 2 rings (SSSR count). The van der Waals surface area contributed by atoms with Crippen molar-refractivity contribution >= 4 is 24.0 Å². The van der Waals surface area contributed by atoms with Gasteiger partial charge < -0.3 is 25.3 Å². The number of nitrogens with two attached hydrogens (primary N) is 1. The third kappa shape index (κ3) is 6.60. The number of halogens is 1. The van der Waals surface area contributed by atoms with Crippen LogP contribution in [0.5, 0.6) is 11.5 Å². The third-order valence-corrected chi connectivity index (χ3v) is 3.98. The molecular weight excluding hydrogens is 402 g/mol. The maximum absolute atomic E-state index is 12.6. The number of benzene rings is 2. The monoisotopic (exact) mass is 425 g/mol. The summed E-state index contributed by atoms with van der Waals surface area (Å²) in [5, 5.41) is 14.1. The van der Waals surface area contributed by atoms with E-state index in [1.165, 1.54) is 26.4 Å². The second-order valence-electron chi connectivity index (χ2n) is 5.85. The van der Waals surface area contributed by atoms with Crippen LogP contribution in [0.1, 0.15) is 22.0 Å². The summed E-state index contributed by atoms with van der Waals surface area (Å²) in [5.41, 5.74) is 6.38. The quantitative estimate of drug-likeness (QED) is 0.340. The summed E-state index contributed by atoms with van der Waals surface area (Å²) in [6.45, 7) is 0.604. The van der Waals surface area contributed by atoms with Crippen LogP contribution in [0.25, 0.3) is 0 Å². The van der Waals surface area contributed by atoms with Gasteiger partial charge in [0.1, 0.15) is 12.2 Å². The molecule has 0 aliphatic carbocycles. The fourth-order valence-electron chi connectivity index (χ4n) is 2.51. The number of nitrogens with one attached hydrogen (secondary N) is 1. The van der Waals surface area contributed by atoms with Crippen LogP contribution in [0.15, 0.2) is 42.5 Å². The first-order valence-electron chi connectivity index (χ1n) is 8.54. The highest BCUT2D eigenvalue weighted by atomic mass is 35.5. The molecule has 9 nitrogen and oxygen atoms in total. The largest absolute Gasteiger partial charge is 0.493 e. The first-order valence-corrected chi connectivity index (χ1v) is 8.54. The maximum atomic E-state index is 12.6. The van der Waals surface area contributed by atoms with E-state index in [9.17, 15) is 14.9 Å². The van der Waals surface area contributed by atoms with E-state index in [4.69, 9.17) is 19.9 Å². The maximum Gasteiger partial charge on any atom is 0.286 e. The molecule has 29 heavy (non-hydrogen) atoms. The normalized spacial score (nSPS) is 11.1. The summed E-state index contributed by atoms with van der Waals surface area (Å²) < 4.78 is 15.5. The number of nitrogens with zero attached hydrogens (tertiary/aromatic N) is 1. The van der Waals surface area contributed by atoms with Crippen LogP contribution in [-0.2, 0) is 4.74 Å². The molecule has 1 unspecified atom stereocenters. The summed E-state index contributed by atoms with van der Waals surface area (Å²) in [7, 11) is 2.90. The number of hydrogen-bond acceptors (Lipinski definition) is 7. The van der Waals surface area contributed by atoms with Crippen molar-refractivity contribution in [2.24, 2.45) is 5.73 Å².